The van der Waals surface area contributed by atoms with Crippen molar-refractivity contribution in [2.24, 2.45) is 5.92 Å². The maximum atomic E-state index is 5.74. The Morgan fingerprint density at radius 1 is 0.917 bits per heavy atom. The van der Waals surface area contributed by atoms with Gasteiger partial charge in [0.2, 0.25) is 0 Å². The van der Waals surface area contributed by atoms with Gasteiger partial charge in [0.05, 0.1) is 6.61 Å². The number of allylic oxidation sites excluding steroid dienone is 2. The molecule has 0 bridgehead atoms. The first kappa shape index (κ1) is 16.8. The Hall–Kier alpha value is -2.02. The lowest BCUT2D eigenvalue weighted by atomic mass is 9.87. The van der Waals surface area contributed by atoms with Crippen molar-refractivity contribution in [1.82, 2.24) is 0 Å². The highest BCUT2D eigenvalue weighted by Gasteiger charge is 2.11. The third-order valence-electron chi connectivity index (χ3n) is 4.88. The van der Waals surface area contributed by atoms with E-state index in [4.69, 9.17) is 4.74 Å². The van der Waals surface area contributed by atoms with E-state index >= 15 is 0 Å². The van der Waals surface area contributed by atoms with Gasteiger partial charge in [-0.1, -0.05) is 62.7 Å². The fourth-order valence-electron chi connectivity index (χ4n) is 3.18. The van der Waals surface area contributed by atoms with Crippen molar-refractivity contribution in [3.8, 4) is 16.9 Å². The van der Waals surface area contributed by atoms with Gasteiger partial charge in [-0.3, -0.25) is 0 Å². The fraction of sp³-hybridized carbons (Fsp3) is 0.391. The first-order chi connectivity index (χ1) is 11.8. The van der Waals surface area contributed by atoms with Crippen LogP contribution in [0.4, 0.5) is 0 Å². The van der Waals surface area contributed by atoms with Gasteiger partial charge in [0.25, 0.3) is 0 Å². The molecule has 0 aliphatic heterocycles. The Balaban J connectivity index is 1.67. The van der Waals surface area contributed by atoms with E-state index in [-0.39, 0.29) is 0 Å². The van der Waals surface area contributed by atoms with Crippen LogP contribution < -0.4 is 4.74 Å². The van der Waals surface area contributed by atoms with E-state index in [2.05, 4.69) is 68.5 Å². The summed E-state index contributed by atoms with van der Waals surface area (Å²) in [4.78, 5) is 0. The minimum Gasteiger partial charge on any atom is -0.494 e. The number of benzene rings is 2. The lowest BCUT2D eigenvalue weighted by Crippen LogP contribution is -2.00. The Kier molecular flexibility index (Phi) is 5.74. The molecule has 24 heavy (non-hydrogen) atoms. The highest BCUT2D eigenvalue weighted by molar-refractivity contribution is 5.71. The molecule has 1 unspecified atom stereocenters. The van der Waals surface area contributed by atoms with Crippen molar-refractivity contribution in [1.29, 1.82) is 0 Å². The number of unbranched alkanes of at least 4 members (excludes halogenated alkanes) is 1. The van der Waals surface area contributed by atoms with Crippen LogP contribution in [-0.2, 0) is 0 Å². The smallest absolute Gasteiger partial charge is 0.119 e. The van der Waals surface area contributed by atoms with Crippen LogP contribution in [0.1, 0.15) is 51.5 Å². The van der Waals surface area contributed by atoms with E-state index in [0.717, 1.165) is 24.7 Å². The lowest BCUT2D eigenvalue weighted by Gasteiger charge is -2.18. The van der Waals surface area contributed by atoms with Crippen molar-refractivity contribution in [2.45, 2.75) is 46.0 Å². The zero-order valence-electron chi connectivity index (χ0n) is 14.9. The standard InChI is InChI=1S/C23H28O/c1-3-4-17-24-23-15-13-22(14-16-23)21-11-9-20(10-12-21)19-7-5-18(2)6-8-19/h7,9-16,18H,3-6,8,17H2,1-2H3. The monoisotopic (exact) mass is 320 g/mol. The fourth-order valence-corrected chi connectivity index (χ4v) is 3.18. The summed E-state index contributed by atoms with van der Waals surface area (Å²) in [5.41, 5.74) is 5.41. The molecule has 126 valence electrons. The molecular weight excluding hydrogens is 292 g/mol. The maximum absolute atomic E-state index is 5.74. The number of hydrogen-bond donors (Lipinski definition) is 0. The van der Waals surface area contributed by atoms with Crippen LogP contribution in [0.25, 0.3) is 16.7 Å². The third kappa shape index (κ3) is 4.29. The van der Waals surface area contributed by atoms with Crippen LogP contribution in [0.15, 0.2) is 54.6 Å². The Morgan fingerprint density at radius 3 is 2.12 bits per heavy atom. The topological polar surface area (TPSA) is 9.23 Å². The molecule has 1 atom stereocenters. The van der Waals surface area contributed by atoms with Crippen molar-refractivity contribution in [2.75, 3.05) is 6.61 Å². The average Bonchev–Trinajstić information content (AvgIpc) is 2.63. The number of hydrogen-bond acceptors (Lipinski definition) is 1. The molecule has 0 radical (unpaired) electrons. The summed E-state index contributed by atoms with van der Waals surface area (Å²) >= 11 is 0. The molecule has 0 saturated carbocycles. The molecule has 0 N–H and O–H groups in total. The van der Waals surface area contributed by atoms with Crippen LogP contribution in [0, 0.1) is 5.92 Å². The largest absolute Gasteiger partial charge is 0.494 e. The second-order valence-electron chi connectivity index (χ2n) is 6.91. The van der Waals surface area contributed by atoms with Gasteiger partial charge in [-0.2, -0.15) is 0 Å². The van der Waals surface area contributed by atoms with E-state index in [0.29, 0.717) is 0 Å². The van der Waals surface area contributed by atoms with Crippen molar-refractivity contribution in [3.05, 3.63) is 60.2 Å². The molecule has 3 rings (SSSR count). The second-order valence-corrected chi connectivity index (χ2v) is 6.91. The van der Waals surface area contributed by atoms with Gasteiger partial charge in [-0.15, -0.1) is 0 Å². The molecule has 0 amide bonds. The van der Waals surface area contributed by atoms with Crippen LogP contribution in [0.3, 0.4) is 0 Å². The van der Waals surface area contributed by atoms with Crippen LogP contribution in [0.5, 0.6) is 5.75 Å². The molecule has 2 aromatic rings. The SMILES string of the molecule is CCCCOc1ccc(-c2ccc(C3=CCC(C)CC3)cc2)cc1. The minimum atomic E-state index is 0.804. The molecule has 1 nitrogen and oxygen atoms in total. The predicted molar refractivity (Wildman–Crippen MR) is 103 cm³/mol. The third-order valence-corrected chi connectivity index (χ3v) is 4.88. The lowest BCUT2D eigenvalue weighted by molar-refractivity contribution is 0.309. The molecule has 1 aliphatic carbocycles. The summed E-state index contributed by atoms with van der Waals surface area (Å²) in [6.07, 6.45) is 8.44. The molecule has 2 aromatic carbocycles. The zero-order valence-corrected chi connectivity index (χ0v) is 14.9. The molecule has 1 aliphatic rings. The summed E-state index contributed by atoms with van der Waals surface area (Å²) in [5.74, 6) is 1.80. The first-order valence-electron chi connectivity index (χ1n) is 9.29. The molecule has 0 fully saturated rings. The van der Waals surface area contributed by atoms with E-state index in [9.17, 15) is 0 Å². The Morgan fingerprint density at radius 2 is 1.54 bits per heavy atom. The van der Waals surface area contributed by atoms with Crippen LogP contribution in [-0.4, -0.2) is 6.61 Å². The van der Waals surface area contributed by atoms with E-state index in [1.54, 1.807) is 0 Å². The molecule has 0 heterocycles. The van der Waals surface area contributed by atoms with Crippen LogP contribution in [0.2, 0.25) is 0 Å². The normalized spacial score (nSPS) is 17.4. The van der Waals surface area contributed by atoms with Crippen molar-refractivity contribution in [3.63, 3.8) is 0 Å². The zero-order chi connectivity index (χ0) is 16.8. The summed E-state index contributed by atoms with van der Waals surface area (Å²) < 4.78 is 5.74. The molecule has 0 saturated heterocycles. The summed E-state index contributed by atoms with van der Waals surface area (Å²) in [5, 5.41) is 0. The summed E-state index contributed by atoms with van der Waals surface area (Å²) in [7, 11) is 0. The van der Waals surface area contributed by atoms with Gasteiger partial charge in [-0.25, -0.2) is 0 Å². The summed E-state index contributed by atoms with van der Waals surface area (Å²) in [6, 6.07) is 17.5. The number of rotatable bonds is 6. The molecule has 0 aromatic heterocycles. The van der Waals surface area contributed by atoms with Gasteiger partial charge < -0.3 is 4.74 Å². The highest BCUT2D eigenvalue weighted by atomic mass is 16.5. The van der Waals surface area contributed by atoms with Crippen LogP contribution >= 0.6 is 0 Å². The van der Waals surface area contributed by atoms with E-state index in [1.165, 1.54) is 47.9 Å². The predicted octanol–water partition coefficient (Wildman–Crippen LogP) is 6.74. The van der Waals surface area contributed by atoms with Crippen molar-refractivity contribution >= 4 is 5.57 Å². The maximum Gasteiger partial charge on any atom is 0.119 e. The first-order valence-corrected chi connectivity index (χ1v) is 9.29. The second kappa shape index (κ2) is 8.19. The molecule has 0 spiro atoms. The van der Waals surface area contributed by atoms with Crippen molar-refractivity contribution < 1.29 is 4.74 Å². The van der Waals surface area contributed by atoms with Gasteiger partial charge in [0.15, 0.2) is 0 Å². The van der Waals surface area contributed by atoms with E-state index < -0.39 is 0 Å². The highest BCUT2D eigenvalue weighted by Crippen LogP contribution is 2.31. The minimum absolute atomic E-state index is 0.804. The van der Waals surface area contributed by atoms with Gasteiger partial charge >= 0.3 is 0 Å². The molecular formula is C23H28O. The average molecular weight is 320 g/mol. The Labute approximate surface area is 146 Å². The Bertz CT molecular complexity index is 664. The van der Waals surface area contributed by atoms with Gasteiger partial charge in [0.1, 0.15) is 5.75 Å². The summed E-state index contributed by atoms with van der Waals surface area (Å²) in [6.45, 7) is 5.32. The quantitative estimate of drug-likeness (QED) is 0.536. The van der Waals surface area contributed by atoms with Gasteiger partial charge in [0, 0.05) is 0 Å². The van der Waals surface area contributed by atoms with E-state index in [1.807, 2.05) is 0 Å². The van der Waals surface area contributed by atoms with Gasteiger partial charge in [-0.05, 0) is 66.0 Å². The molecule has 1 heteroatoms. The number of ether oxygens (including phenoxy) is 1.